The lowest BCUT2D eigenvalue weighted by atomic mass is 10.1. The molecule has 1 aromatic carbocycles. The molecule has 2 rings (SSSR count). The van der Waals surface area contributed by atoms with E-state index in [0.29, 0.717) is 23.2 Å². The molecule has 13 heavy (non-hydrogen) atoms. The summed E-state index contributed by atoms with van der Waals surface area (Å²) >= 11 is 0. The molecule has 1 amide bonds. The average molecular weight is 179 g/mol. The maximum atomic E-state index is 13.6. The summed E-state index contributed by atoms with van der Waals surface area (Å²) < 4.78 is 13.6. The smallest absolute Gasteiger partial charge is 0.228 e. The third-order valence-electron chi connectivity index (χ3n) is 2.32. The molecule has 0 aromatic heterocycles. The molecule has 0 radical (unpaired) electrons. The topological polar surface area (TPSA) is 29.1 Å². The molecule has 0 aliphatic carbocycles. The van der Waals surface area contributed by atoms with Crippen molar-refractivity contribution in [1.29, 1.82) is 0 Å². The van der Waals surface area contributed by atoms with Crippen LogP contribution in [-0.4, -0.2) is 5.91 Å². The molecule has 1 aliphatic rings. The standard InChI is InChI=1S/C10H10FNO/c1-2-6-3-4-8-7(10(6)11)5-9(13)12-8/h3-4H,2,5H2,1H3,(H,12,13). The molecule has 2 nitrogen and oxygen atoms in total. The summed E-state index contributed by atoms with van der Waals surface area (Å²) in [5.74, 6) is -0.347. The van der Waals surface area contributed by atoms with Crippen LogP contribution in [0.5, 0.6) is 0 Å². The number of amides is 1. The van der Waals surface area contributed by atoms with Gasteiger partial charge in [-0.3, -0.25) is 4.79 Å². The first-order valence-corrected chi connectivity index (χ1v) is 4.32. The van der Waals surface area contributed by atoms with E-state index in [-0.39, 0.29) is 18.1 Å². The van der Waals surface area contributed by atoms with Gasteiger partial charge in [0.1, 0.15) is 5.82 Å². The second-order valence-electron chi connectivity index (χ2n) is 3.14. The summed E-state index contributed by atoms with van der Waals surface area (Å²) in [5, 5.41) is 2.61. The number of hydrogen-bond acceptors (Lipinski definition) is 1. The Hall–Kier alpha value is -1.38. The van der Waals surface area contributed by atoms with Crippen LogP contribution in [0.15, 0.2) is 12.1 Å². The third kappa shape index (κ3) is 1.20. The van der Waals surface area contributed by atoms with Crippen molar-refractivity contribution in [1.82, 2.24) is 0 Å². The number of halogens is 1. The molecule has 0 saturated carbocycles. The monoisotopic (exact) mass is 179 g/mol. The maximum absolute atomic E-state index is 13.6. The van der Waals surface area contributed by atoms with Gasteiger partial charge in [-0.2, -0.15) is 0 Å². The summed E-state index contributed by atoms with van der Waals surface area (Å²) in [6.45, 7) is 1.90. The number of nitrogens with one attached hydrogen (secondary N) is 1. The second kappa shape index (κ2) is 2.83. The molecule has 0 spiro atoms. The van der Waals surface area contributed by atoms with Crippen LogP contribution in [0, 0.1) is 5.82 Å². The van der Waals surface area contributed by atoms with Crippen LogP contribution in [0.1, 0.15) is 18.1 Å². The molecule has 1 aromatic rings. The number of carbonyl (C=O) groups is 1. The van der Waals surface area contributed by atoms with Crippen LogP contribution in [0.3, 0.4) is 0 Å². The minimum Gasteiger partial charge on any atom is -0.325 e. The fourth-order valence-corrected chi connectivity index (χ4v) is 1.59. The summed E-state index contributed by atoms with van der Waals surface area (Å²) in [5.41, 5.74) is 1.82. The van der Waals surface area contributed by atoms with E-state index in [2.05, 4.69) is 5.32 Å². The highest BCUT2D eigenvalue weighted by Gasteiger charge is 2.22. The van der Waals surface area contributed by atoms with Crippen LogP contribution >= 0.6 is 0 Å². The van der Waals surface area contributed by atoms with Gasteiger partial charge in [-0.15, -0.1) is 0 Å². The minimum absolute atomic E-state index is 0.123. The van der Waals surface area contributed by atoms with Gasteiger partial charge in [-0.1, -0.05) is 13.0 Å². The van der Waals surface area contributed by atoms with Gasteiger partial charge in [0.05, 0.1) is 6.42 Å². The number of aryl methyl sites for hydroxylation is 1. The van der Waals surface area contributed by atoms with E-state index in [1.807, 2.05) is 6.92 Å². The molecule has 68 valence electrons. The van der Waals surface area contributed by atoms with E-state index in [1.54, 1.807) is 12.1 Å². The molecule has 1 aliphatic heterocycles. The van der Waals surface area contributed by atoms with Gasteiger partial charge in [0.15, 0.2) is 0 Å². The van der Waals surface area contributed by atoms with Gasteiger partial charge in [-0.25, -0.2) is 4.39 Å². The largest absolute Gasteiger partial charge is 0.325 e. The highest BCUT2D eigenvalue weighted by atomic mass is 19.1. The first-order valence-electron chi connectivity index (χ1n) is 4.32. The van der Waals surface area contributed by atoms with E-state index in [9.17, 15) is 9.18 Å². The van der Waals surface area contributed by atoms with Crippen LogP contribution in [0.25, 0.3) is 0 Å². The van der Waals surface area contributed by atoms with Crippen molar-refractivity contribution in [2.24, 2.45) is 0 Å². The minimum atomic E-state index is -0.224. The summed E-state index contributed by atoms with van der Waals surface area (Å²) in [6.07, 6.45) is 0.836. The maximum Gasteiger partial charge on any atom is 0.228 e. The number of carbonyl (C=O) groups excluding carboxylic acids is 1. The first kappa shape index (κ1) is 8.23. The Morgan fingerprint density at radius 2 is 2.31 bits per heavy atom. The molecule has 0 saturated heterocycles. The van der Waals surface area contributed by atoms with Crippen LogP contribution < -0.4 is 5.32 Å². The van der Waals surface area contributed by atoms with Crippen molar-refractivity contribution in [3.05, 3.63) is 29.1 Å². The SMILES string of the molecule is CCc1ccc2c(c1F)CC(=O)N2. The van der Waals surface area contributed by atoms with E-state index in [4.69, 9.17) is 0 Å². The molecule has 0 bridgehead atoms. The Bertz CT molecular complexity index is 373. The first-order chi connectivity index (χ1) is 6.22. The molecular weight excluding hydrogens is 169 g/mol. The predicted octanol–water partition coefficient (Wildman–Crippen LogP) is 1.88. The number of fused-ring (bicyclic) bond motifs is 1. The Kier molecular flexibility index (Phi) is 1.79. The Morgan fingerprint density at radius 3 is 3.00 bits per heavy atom. The molecular formula is C10H10FNO. The van der Waals surface area contributed by atoms with Crippen molar-refractivity contribution in [3.8, 4) is 0 Å². The van der Waals surface area contributed by atoms with E-state index in [0.717, 1.165) is 0 Å². The molecule has 1 heterocycles. The quantitative estimate of drug-likeness (QED) is 0.700. The number of anilines is 1. The van der Waals surface area contributed by atoms with Gasteiger partial charge in [0.2, 0.25) is 5.91 Å². The zero-order valence-corrected chi connectivity index (χ0v) is 7.36. The van der Waals surface area contributed by atoms with Crippen LogP contribution in [0.4, 0.5) is 10.1 Å². The Labute approximate surface area is 75.8 Å². The normalized spacial score (nSPS) is 14.2. The van der Waals surface area contributed by atoms with E-state index >= 15 is 0 Å². The summed E-state index contributed by atoms with van der Waals surface area (Å²) in [6, 6.07) is 3.49. The van der Waals surface area contributed by atoms with Gasteiger partial charge in [0.25, 0.3) is 0 Å². The lowest BCUT2D eigenvalue weighted by molar-refractivity contribution is -0.115. The second-order valence-corrected chi connectivity index (χ2v) is 3.14. The highest BCUT2D eigenvalue weighted by molar-refractivity contribution is 5.99. The highest BCUT2D eigenvalue weighted by Crippen LogP contribution is 2.27. The number of hydrogen-bond donors (Lipinski definition) is 1. The Balaban J connectivity index is 2.54. The average Bonchev–Trinajstić information content (AvgIpc) is 2.47. The molecule has 0 atom stereocenters. The molecule has 1 N–H and O–H groups in total. The van der Waals surface area contributed by atoms with Crippen molar-refractivity contribution < 1.29 is 9.18 Å². The molecule has 0 fully saturated rings. The number of benzene rings is 1. The zero-order valence-electron chi connectivity index (χ0n) is 7.36. The van der Waals surface area contributed by atoms with Crippen molar-refractivity contribution in [2.45, 2.75) is 19.8 Å². The predicted molar refractivity (Wildman–Crippen MR) is 48.1 cm³/mol. The zero-order chi connectivity index (χ0) is 9.42. The van der Waals surface area contributed by atoms with Crippen LogP contribution in [-0.2, 0) is 17.6 Å². The van der Waals surface area contributed by atoms with Gasteiger partial charge >= 0.3 is 0 Å². The Morgan fingerprint density at radius 1 is 1.54 bits per heavy atom. The fraction of sp³-hybridized carbons (Fsp3) is 0.300. The summed E-state index contributed by atoms with van der Waals surface area (Å²) in [7, 11) is 0. The van der Waals surface area contributed by atoms with Crippen molar-refractivity contribution in [2.75, 3.05) is 5.32 Å². The van der Waals surface area contributed by atoms with E-state index in [1.165, 1.54) is 0 Å². The fourth-order valence-electron chi connectivity index (χ4n) is 1.59. The van der Waals surface area contributed by atoms with Gasteiger partial charge in [-0.05, 0) is 18.1 Å². The lowest BCUT2D eigenvalue weighted by Crippen LogP contribution is -2.03. The van der Waals surface area contributed by atoms with Crippen molar-refractivity contribution in [3.63, 3.8) is 0 Å². The van der Waals surface area contributed by atoms with Gasteiger partial charge in [0, 0.05) is 11.3 Å². The molecule has 3 heteroatoms. The van der Waals surface area contributed by atoms with Crippen molar-refractivity contribution >= 4 is 11.6 Å². The summed E-state index contributed by atoms with van der Waals surface area (Å²) in [4.78, 5) is 11.0. The number of rotatable bonds is 1. The van der Waals surface area contributed by atoms with E-state index < -0.39 is 0 Å². The van der Waals surface area contributed by atoms with Crippen LogP contribution in [0.2, 0.25) is 0 Å². The lowest BCUT2D eigenvalue weighted by Gasteiger charge is -2.03. The third-order valence-corrected chi connectivity index (χ3v) is 2.32. The van der Waals surface area contributed by atoms with Gasteiger partial charge < -0.3 is 5.32 Å². The molecule has 0 unspecified atom stereocenters.